The summed E-state index contributed by atoms with van der Waals surface area (Å²) in [5.74, 6) is 0.221. The van der Waals surface area contributed by atoms with Crippen LogP contribution in [-0.2, 0) is 19.5 Å². The number of rotatable bonds is 4. The van der Waals surface area contributed by atoms with Gasteiger partial charge in [-0.05, 0) is 43.7 Å². The number of tetrazole rings is 1. The van der Waals surface area contributed by atoms with E-state index in [0.717, 1.165) is 34.6 Å². The van der Waals surface area contributed by atoms with Gasteiger partial charge in [0.05, 0.1) is 17.2 Å². The van der Waals surface area contributed by atoms with Crippen LogP contribution in [0.15, 0.2) is 0 Å². The molecule has 0 saturated carbocycles. The lowest BCUT2D eigenvalue weighted by Crippen LogP contribution is -2.29. The van der Waals surface area contributed by atoms with Crippen LogP contribution in [0.1, 0.15) is 40.3 Å². The molecule has 126 valence electrons. The van der Waals surface area contributed by atoms with Gasteiger partial charge in [0.25, 0.3) is 0 Å². The molecule has 23 heavy (non-hydrogen) atoms. The fraction of sp³-hybridized carbons (Fsp3) is 0.692. The molecule has 0 unspecified atom stereocenters. The summed E-state index contributed by atoms with van der Waals surface area (Å²) in [7, 11) is 1.89. The maximum absolute atomic E-state index is 12.6. The third kappa shape index (κ3) is 3.69. The summed E-state index contributed by atoms with van der Waals surface area (Å²) in [6.07, 6.45) is -1.38. The lowest BCUT2D eigenvalue weighted by atomic mass is 9.97. The van der Waals surface area contributed by atoms with E-state index in [-0.39, 0.29) is 18.4 Å². The molecule has 1 aliphatic rings. The lowest BCUT2D eigenvalue weighted by Gasteiger charge is -2.30. The quantitative estimate of drug-likeness (QED) is 0.851. The second kappa shape index (κ2) is 6.16. The average Bonchev–Trinajstić information content (AvgIpc) is 3.02. The Balaban J connectivity index is 1.76. The summed E-state index contributed by atoms with van der Waals surface area (Å²) in [5, 5.41) is 11.6. The molecule has 0 aliphatic heterocycles. The van der Waals surface area contributed by atoms with E-state index >= 15 is 0 Å². The number of thiazole rings is 1. The minimum atomic E-state index is -4.34. The average molecular weight is 346 g/mol. The van der Waals surface area contributed by atoms with Crippen molar-refractivity contribution in [3.05, 3.63) is 21.4 Å². The minimum absolute atomic E-state index is 0.154. The molecule has 0 fully saturated rings. The van der Waals surface area contributed by atoms with E-state index in [1.807, 2.05) is 18.9 Å². The Bertz CT molecular complexity index is 680. The monoisotopic (exact) mass is 346 g/mol. The van der Waals surface area contributed by atoms with Crippen molar-refractivity contribution in [2.24, 2.45) is 0 Å². The molecular formula is C13H17F3N6S. The van der Waals surface area contributed by atoms with Gasteiger partial charge in [0.1, 0.15) is 6.54 Å². The molecule has 0 N–H and O–H groups in total. The largest absolute Gasteiger partial charge is 0.408 e. The minimum Gasteiger partial charge on any atom is -0.291 e. The van der Waals surface area contributed by atoms with Gasteiger partial charge < -0.3 is 0 Å². The molecule has 0 amide bonds. The van der Waals surface area contributed by atoms with Gasteiger partial charge in [-0.15, -0.1) is 16.4 Å². The second-order valence-corrected chi connectivity index (χ2v) is 6.97. The van der Waals surface area contributed by atoms with E-state index < -0.39 is 12.7 Å². The van der Waals surface area contributed by atoms with Crippen molar-refractivity contribution in [3.63, 3.8) is 0 Å². The van der Waals surface area contributed by atoms with Crippen molar-refractivity contribution in [1.29, 1.82) is 0 Å². The molecule has 0 radical (unpaired) electrons. The zero-order chi connectivity index (χ0) is 16.6. The van der Waals surface area contributed by atoms with Crippen molar-refractivity contribution in [3.8, 4) is 0 Å². The highest BCUT2D eigenvalue weighted by Crippen LogP contribution is 2.37. The molecule has 1 aliphatic carbocycles. The number of aryl methyl sites for hydroxylation is 2. The molecule has 6 nitrogen and oxygen atoms in total. The molecule has 3 rings (SSSR count). The second-order valence-electron chi connectivity index (χ2n) is 5.73. The highest BCUT2D eigenvalue weighted by Gasteiger charge is 2.32. The molecule has 0 saturated heterocycles. The van der Waals surface area contributed by atoms with Gasteiger partial charge in [0.2, 0.25) is 0 Å². The van der Waals surface area contributed by atoms with Gasteiger partial charge >= 0.3 is 6.18 Å². The van der Waals surface area contributed by atoms with E-state index in [1.54, 1.807) is 11.3 Å². The molecule has 1 atom stereocenters. The van der Waals surface area contributed by atoms with E-state index in [0.29, 0.717) is 0 Å². The Hall–Kier alpha value is -1.55. The standard InChI is InChI=1S/C13H17F3N6S/c1-8-17-9-4-3-5-10(12(9)23-8)21(2)6-11-18-19-20-22(11)7-13(14,15)16/h10H,3-7H2,1-2H3/t10-/m1/s1. The predicted molar refractivity (Wildman–Crippen MR) is 77.9 cm³/mol. The Labute approximate surface area is 135 Å². The van der Waals surface area contributed by atoms with Crippen molar-refractivity contribution < 1.29 is 13.2 Å². The third-order valence-electron chi connectivity index (χ3n) is 3.89. The number of hydrogen-bond donors (Lipinski definition) is 0. The first-order chi connectivity index (χ1) is 10.8. The van der Waals surface area contributed by atoms with Crippen LogP contribution in [0.25, 0.3) is 0 Å². The van der Waals surface area contributed by atoms with Gasteiger partial charge in [0, 0.05) is 10.9 Å². The fourth-order valence-corrected chi connectivity index (χ4v) is 4.08. The number of hydrogen-bond acceptors (Lipinski definition) is 6. The lowest BCUT2D eigenvalue weighted by molar-refractivity contribution is -0.143. The highest BCUT2D eigenvalue weighted by atomic mass is 32.1. The van der Waals surface area contributed by atoms with Gasteiger partial charge in [-0.25, -0.2) is 9.67 Å². The maximum atomic E-state index is 12.6. The molecule has 2 heterocycles. The fourth-order valence-electron chi connectivity index (χ4n) is 2.90. The van der Waals surface area contributed by atoms with Crippen molar-refractivity contribution in [2.45, 2.75) is 51.5 Å². The zero-order valence-electron chi connectivity index (χ0n) is 12.8. The molecule has 2 aromatic rings. The first-order valence-corrected chi connectivity index (χ1v) is 8.13. The summed E-state index contributed by atoms with van der Waals surface area (Å²) in [6, 6.07) is 0.154. The van der Waals surface area contributed by atoms with Crippen molar-refractivity contribution in [1.82, 2.24) is 30.1 Å². The summed E-state index contributed by atoms with van der Waals surface area (Å²) in [4.78, 5) is 7.77. The molecule has 0 spiro atoms. The Kier molecular flexibility index (Phi) is 4.37. The van der Waals surface area contributed by atoms with Crippen LogP contribution in [0.2, 0.25) is 0 Å². The van der Waals surface area contributed by atoms with E-state index in [4.69, 9.17) is 0 Å². The Morgan fingerprint density at radius 2 is 2.17 bits per heavy atom. The van der Waals surface area contributed by atoms with Crippen LogP contribution in [0.3, 0.4) is 0 Å². The Morgan fingerprint density at radius 3 is 2.91 bits per heavy atom. The van der Waals surface area contributed by atoms with Crippen LogP contribution in [0, 0.1) is 6.92 Å². The molecular weight excluding hydrogens is 329 g/mol. The van der Waals surface area contributed by atoms with Crippen molar-refractivity contribution >= 4 is 11.3 Å². The Morgan fingerprint density at radius 1 is 1.39 bits per heavy atom. The predicted octanol–water partition coefficient (Wildman–Crippen LogP) is 2.51. The van der Waals surface area contributed by atoms with Crippen LogP contribution in [0.4, 0.5) is 13.2 Å². The summed E-state index contributed by atoms with van der Waals surface area (Å²) >= 11 is 1.66. The summed E-state index contributed by atoms with van der Waals surface area (Å²) in [6.45, 7) is 1.08. The molecule has 2 aromatic heterocycles. The smallest absolute Gasteiger partial charge is 0.291 e. The summed E-state index contributed by atoms with van der Waals surface area (Å²) in [5.41, 5.74) is 1.12. The zero-order valence-corrected chi connectivity index (χ0v) is 13.7. The molecule has 10 heteroatoms. The first-order valence-electron chi connectivity index (χ1n) is 7.32. The SMILES string of the molecule is Cc1nc2c(s1)[C@H](N(C)Cc1nnnn1CC(F)(F)F)CCC2. The van der Waals surface area contributed by atoms with Crippen LogP contribution in [0.5, 0.6) is 0 Å². The molecule has 0 bridgehead atoms. The third-order valence-corrected chi connectivity index (χ3v) is 5.00. The van der Waals surface area contributed by atoms with Crippen LogP contribution in [-0.4, -0.2) is 43.3 Å². The van der Waals surface area contributed by atoms with Gasteiger partial charge in [-0.1, -0.05) is 0 Å². The number of halogens is 3. The number of fused-ring (bicyclic) bond motifs is 1. The first kappa shape index (κ1) is 16.3. The van der Waals surface area contributed by atoms with E-state index in [2.05, 4.69) is 20.5 Å². The maximum Gasteiger partial charge on any atom is 0.408 e. The van der Waals surface area contributed by atoms with E-state index in [1.165, 1.54) is 4.88 Å². The molecule has 0 aromatic carbocycles. The topological polar surface area (TPSA) is 59.7 Å². The van der Waals surface area contributed by atoms with Crippen LogP contribution >= 0.6 is 11.3 Å². The van der Waals surface area contributed by atoms with Crippen molar-refractivity contribution in [2.75, 3.05) is 7.05 Å². The normalized spacial score (nSPS) is 18.4. The number of aromatic nitrogens is 5. The van der Waals surface area contributed by atoms with Gasteiger partial charge in [-0.3, -0.25) is 4.90 Å². The van der Waals surface area contributed by atoms with Gasteiger partial charge in [-0.2, -0.15) is 13.2 Å². The number of nitrogens with zero attached hydrogens (tertiary/aromatic N) is 6. The van der Waals surface area contributed by atoms with Gasteiger partial charge in [0.15, 0.2) is 5.82 Å². The summed E-state index contributed by atoms with van der Waals surface area (Å²) < 4.78 is 38.5. The number of alkyl halides is 3. The van der Waals surface area contributed by atoms with E-state index in [9.17, 15) is 13.2 Å². The highest BCUT2D eigenvalue weighted by molar-refractivity contribution is 7.11. The van der Waals surface area contributed by atoms with Crippen LogP contribution < -0.4 is 0 Å².